The summed E-state index contributed by atoms with van der Waals surface area (Å²) in [6, 6.07) is 4.85. The number of aliphatic carboxylic acids is 1. The Morgan fingerprint density at radius 3 is 2.80 bits per heavy atom. The second-order valence-electron chi connectivity index (χ2n) is 5.64. The van der Waals surface area contributed by atoms with Crippen molar-refractivity contribution in [1.82, 2.24) is 9.88 Å². The van der Waals surface area contributed by atoms with Crippen LogP contribution in [-0.4, -0.2) is 52.7 Å². The highest BCUT2D eigenvalue weighted by Gasteiger charge is 2.32. The van der Waals surface area contributed by atoms with Crippen LogP contribution in [0, 0.1) is 5.82 Å². The van der Waals surface area contributed by atoms with Crippen molar-refractivity contribution in [3.05, 3.63) is 42.2 Å². The van der Waals surface area contributed by atoms with Crippen LogP contribution in [0.15, 0.2) is 34.9 Å². The Balaban J connectivity index is 1.61. The number of hydrogen-bond donors (Lipinski definition) is 1. The molecule has 0 spiro atoms. The van der Waals surface area contributed by atoms with E-state index in [1.807, 2.05) is 0 Å². The second-order valence-corrected chi connectivity index (χ2v) is 5.64. The quantitative estimate of drug-likeness (QED) is 0.884. The molecule has 1 aliphatic rings. The normalized spacial score (nSPS) is 17.5. The van der Waals surface area contributed by atoms with Gasteiger partial charge in [-0.2, -0.15) is 0 Å². The molecule has 132 valence electrons. The molecule has 1 aromatic carbocycles. The van der Waals surface area contributed by atoms with E-state index in [-0.39, 0.29) is 37.7 Å². The zero-order valence-electron chi connectivity index (χ0n) is 13.4. The van der Waals surface area contributed by atoms with Crippen molar-refractivity contribution < 1.29 is 28.2 Å². The molecule has 1 saturated heterocycles. The number of carbonyl (C=O) groups excluding carboxylic acids is 1. The monoisotopic (exact) mass is 348 g/mol. The molecule has 1 aliphatic heterocycles. The third kappa shape index (κ3) is 4.03. The molecule has 1 fully saturated rings. The SMILES string of the molecule is O=C(O)[C@H]1COCCN1C(=O)CCc1ncc(-c2ccc(F)cc2)o1. The molecule has 7 nitrogen and oxygen atoms in total. The summed E-state index contributed by atoms with van der Waals surface area (Å²) in [4.78, 5) is 28.9. The van der Waals surface area contributed by atoms with Crippen LogP contribution in [0.5, 0.6) is 0 Å². The Labute approximate surface area is 143 Å². The van der Waals surface area contributed by atoms with E-state index in [1.165, 1.54) is 23.2 Å². The van der Waals surface area contributed by atoms with Crippen LogP contribution in [0.25, 0.3) is 11.3 Å². The average molecular weight is 348 g/mol. The molecular formula is C17H17FN2O5. The van der Waals surface area contributed by atoms with Crippen LogP contribution in [0.4, 0.5) is 4.39 Å². The number of rotatable bonds is 5. The van der Waals surface area contributed by atoms with Crippen molar-refractivity contribution in [1.29, 1.82) is 0 Å². The fourth-order valence-corrected chi connectivity index (χ4v) is 2.64. The largest absolute Gasteiger partial charge is 0.480 e. The highest BCUT2D eigenvalue weighted by Crippen LogP contribution is 2.21. The van der Waals surface area contributed by atoms with E-state index >= 15 is 0 Å². The van der Waals surface area contributed by atoms with Gasteiger partial charge in [0.1, 0.15) is 5.82 Å². The minimum absolute atomic E-state index is 0.00517. The van der Waals surface area contributed by atoms with E-state index in [1.54, 1.807) is 12.1 Å². The summed E-state index contributed by atoms with van der Waals surface area (Å²) in [5, 5.41) is 9.16. The van der Waals surface area contributed by atoms with Gasteiger partial charge in [0.15, 0.2) is 17.7 Å². The fraction of sp³-hybridized carbons (Fsp3) is 0.353. The van der Waals surface area contributed by atoms with Crippen LogP contribution in [0.3, 0.4) is 0 Å². The molecule has 1 N–H and O–H groups in total. The van der Waals surface area contributed by atoms with Gasteiger partial charge in [0.2, 0.25) is 5.91 Å². The number of carboxylic acid groups (broad SMARTS) is 1. The first-order valence-corrected chi connectivity index (χ1v) is 7.85. The van der Waals surface area contributed by atoms with Gasteiger partial charge in [-0.25, -0.2) is 14.2 Å². The first kappa shape index (κ1) is 17.1. The lowest BCUT2D eigenvalue weighted by atomic mass is 10.2. The molecule has 0 unspecified atom stereocenters. The highest BCUT2D eigenvalue weighted by atomic mass is 19.1. The Morgan fingerprint density at radius 2 is 2.08 bits per heavy atom. The number of ether oxygens (including phenoxy) is 1. The zero-order valence-corrected chi connectivity index (χ0v) is 13.4. The molecule has 0 bridgehead atoms. The summed E-state index contributed by atoms with van der Waals surface area (Å²) >= 11 is 0. The Morgan fingerprint density at radius 1 is 1.32 bits per heavy atom. The molecule has 1 amide bonds. The number of morpholine rings is 1. The van der Waals surface area contributed by atoms with Gasteiger partial charge in [0, 0.05) is 24.9 Å². The van der Waals surface area contributed by atoms with E-state index in [2.05, 4.69) is 4.98 Å². The number of nitrogens with zero attached hydrogens (tertiary/aromatic N) is 2. The first-order chi connectivity index (χ1) is 12.0. The smallest absolute Gasteiger partial charge is 0.328 e. The Kier molecular flexibility index (Phi) is 5.08. The molecule has 0 saturated carbocycles. The summed E-state index contributed by atoms with van der Waals surface area (Å²) in [5.74, 6) is -0.849. The molecule has 3 rings (SSSR count). The van der Waals surface area contributed by atoms with Gasteiger partial charge in [0.05, 0.1) is 19.4 Å². The third-order valence-electron chi connectivity index (χ3n) is 3.97. The molecule has 0 aliphatic carbocycles. The van der Waals surface area contributed by atoms with Crippen molar-refractivity contribution in [3.8, 4) is 11.3 Å². The fourth-order valence-electron chi connectivity index (χ4n) is 2.64. The lowest BCUT2D eigenvalue weighted by Crippen LogP contribution is -2.52. The van der Waals surface area contributed by atoms with Crippen LogP contribution < -0.4 is 0 Å². The topological polar surface area (TPSA) is 92.9 Å². The Hall–Kier alpha value is -2.74. The van der Waals surface area contributed by atoms with Crippen molar-refractivity contribution >= 4 is 11.9 Å². The minimum atomic E-state index is -1.08. The molecule has 1 aromatic heterocycles. The summed E-state index contributed by atoms with van der Waals surface area (Å²) in [7, 11) is 0. The van der Waals surface area contributed by atoms with Crippen molar-refractivity contribution in [2.75, 3.05) is 19.8 Å². The maximum atomic E-state index is 12.9. The van der Waals surface area contributed by atoms with Crippen molar-refractivity contribution in [2.24, 2.45) is 0 Å². The Bertz CT molecular complexity index is 759. The molecule has 1 atom stereocenters. The molecule has 2 heterocycles. The number of aryl methyl sites for hydroxylation is 1. The molecular weight excluding hydrogens is 331 g/mol. The van der Waals surface area contributed by atoms with E-state index in [0.29, 0.717) is 23.8 Å². The first-order valence-electron chi connectivity index (χ1n) is 7.85. The number of amides is 1. The minimum Gasteiger partial charge on any atom is -0.480 e. The zero-order chi connectivity index (χ0) is 17.8. The van der Waals surface area contributed by atoms with Crippen LogP contribution in [0.1, 0.15) is 12.3 Å². The molecule has 2 aromatic rings. The maximum absolute atomic E-state index is 12.9. The highest BCUT2D eigenvalue weighted by molar-refractivity contribution is 5.84. The molecule has 8 heteroatoms. The predicted octanol–water partition coefficient (Wildman–Crippen LogP) is 1.73. The number of hydrogen-bond acceptors (Lipinski definition) is 5. The van der Waals surface area contributed by atoms with E-state index < -0.39 is 12.0 Å². The maximum Gasteiger partial charge on any atom is 0.328 e. The summed E-state index contributed by atoms with van der Waals surface area (Å²) in [6.45, 7) is 0.570. The predicted molar refractivity (Wildman–Crippen MR) is 84.2 cm³/mol. The van der Waals surface area contributed by atoms with Gasteiger partial charge in [0.25, 0.3) is 0 Å². The lowest BCUT2D eigenvalue weighted by Gasteiger charge is -2.32. The second kappa shape index (κ2) is 7.43. The van der Waals surface area contributed by atoms with Gasteiger partial charge in [-0.3, -0.25) is 4.79 Å². The number of oxazole rings is 1. The van der Waals surface area contributed by atoms with E-state index in [0.717, 1.165) is 0 Å². The van der Waals surface area contributed by atoms with Gasteiger partial charge in [-0.1, -0.05) is 0 Å². The van der Waals surface area contributed by atoms with Gasteiger partial charge < -0.3 is 19.2 Å². The number of halogens is 1. The molecule has 25 heavy (non-hydrogen) atoms. The summed E-state index contributed by atoms with van der Waals surface area (Å²) in [5.41, 5.74) is 0.686. The summed E-state index contributed by atoms with van der Waals surface area (Å²) < 4.78 is 23.6. The van der Waals surface area contributed by atoms with Crippen LogP contribution >= 0.6 is 0 Å². The number of aromatic nitrogens is 1. The molecule has 0 radical (unpaired) electrons. The van der Waals surface area contributed by atoms with E-state index in [9.17, 15) is 14.0 Å². The lowest BCUT2D eigenvalue weighted by molar-refractivity contribution is -0.158. The summed E-state index contributed by atoms with van der Waals surface area (Å²) in [6.07, 6.45) is 1.86. The van der Waals surface area contributed by atoms with Crippen LogP contribution in [0.2, 0.25) is 0 Å². The van der Waals surface area contributed by atoms with Crippen molar-refractivity contribution in [2.45, 2.75) is 18.9 Å². The number of carbonyl (C=O) groups is 2. The average Bonchev–Trinajstić information content (AvgIpc) is 3.09. The standard InChI is InChI=1S/C17H17FN2O5/c18-12-3-1-11(2-4-12)14-9-19-15(25-14)5-6-16(21)20-7-8-24-10-13(20)17(22)23/h1-4,9,13H,5-8,10H2,(H,22,23)/t13-/m1/s1. The van der Waals surface area contributed by atoms with Crippen molar-refractivity contribution in [3.63, 3.8) is 0 Å². The van der Waals surface area contributed by atoms with Crippen LogP contribution in [-0.2, 0) is 20.7 Å². The number of benzene rings is 1. The van der Waals surface area contributed by atoms with Gasteiger partial charge in [-0.05, 0) is 24.3 Å². The van der Waals surface area contributed by atoms with Gasteiger partial charge in [-0.15, -0.1) is 0 Å². The van der Waals surface area contributed by atoms with E-state index in [4.69, 9.17) is 14.3 Å². The number of carboxylic acids is 1. The van der Waals surface area contributed by atoms with Gasteiger partial charge >= 0.3 is 5.97 Å². The third-order valence-corrected chi connectivity index (χ3v) is 3.97.